The number of hydrogen-bond acceptors (Lipinski definition) is 4. The molecule has 0 aromatic rings. The quantitative estimate of drug-likeness (QED) is 0.443. The Hall–Kier alpha value is -1.85. The van der Waals surface area contributed by atoms with Gasteiger partial charge in [-0.2, -0.15) is 0 Å². The molecule has 6 heteroatoms. The Morgan fingerprint density at radius 1 is 1.47 bits per heavy atom. The molecule has 0 aliphatic carbocycles. The maximum Gasteiger partial charge on any atom is 0.338 e. The molecule has 104 valence electrons. The summed E-state index contributed by atoms with van der Waals surface area (Å²) >= 11 is 0. The highest BCUT2D eigenvalue weighted by Crippen LogP contribution is 2.22. The first kappa shape index (κ1) is 13.6. The third-order valence-corrected chi connectivity index (χ3v) is 3.32. The maximum atomic E-state index is 12.1. The van der Waals surface area contributed by atoms with Crippen LogP contribution in [0.15, 0.2) is 11.6 Å². The first-order valence-electron chi connectivity index (χ1n) is 6.41. The summed E-state index contributed by atoms with van der Waals surface area (Å²) < 4.78 is 4.98. The molecule has 0 aromatic carbocycles. The Morgan fingerprint density at radius 2 is 2.21 bits per heavy atom. The molecule has 19 heavy (non-hydrogen) atoms. The molecule has 2 rings (SSSR count). The summed E-state index contributed by atoms with van der Waals surface area (Å²) in [6.45, 7) is 4.42. The van der Waals surface area contributed by atoms with Gasteiger partial charge in [0.1, 0.15) is 12.6 Å². The summed E-state index contributed by atoms with van der Waals surface area (Å²) in [6, 6.07) is -1.60. The highest BCUT2D eigenvalue weighted by Gasteiger charge is 2.46. The summed E-state index contributed by atoms with van der Waals surface area (Å²) in [5, 5.41) is 2.45. The molecule has 2 fully saturated rings. The summed E-state index contributed by atoms with van der Waals surface area (Å²) in [7, 11) is 0. The third kappa shape index (κ3) is 2.77. The lowest BCUT2D eigenvalue weighted by Gasteiger charge is -2.33. The van der Waals surface area contributed by atoms with Gasteiger partial charge in [-0.25, -0.2) is 4.79 Å². The van der Waals surface area contributed by atoms with Gasteiger partial charge in [-0.3, -0.25) is 9.59 Å². The van der Waals surface area contributed by atoms with Gasteiger partial charge in [0.25, 0.3) is 5.91 Å². The summed E-state index contributed by atoms with van der Waals surface area (Å²) in [5.74, 6) is -1.31. The Bertz CT molecular complexity index is 440. The molecule has 0 bridgehead atoms. The molecule has 2 aliphatic heterocycles. The van der Waals surface area contributed by atoms with E-state index in [9.17, 15) is 14.4 Å². The SMILES string of the molecule is CC(C)=CCOC(=O)C1NC(=O)[C@@H]2CCCN2C1=O. The topological polar surface area (TPSA) is 75.7 Å². The minimum Gasteiger partial charge on any atom is -0.460 e. The van der Waals surface area contributed by atoms with Gasteiger partial charge in [-0.05, 0) is 32.8 Å². The Morgan fingerprint density at radius 3 is 2.89 bits per heavy atom. The average Bonchev–Trinajstić information content (AvgIpc) is 2.83. The molecule has 2 atom stereocenters. The number of hydrogen-bond donors (Lipinski definition) is 1. The van der Waals surface area contributed by atoms with E-state index >= 15 is 0 Å². The van der Waals surface area contributed by atoms with Gasteiger partial charge in [-0.1, -0.05) is 5.57 Å². The second kappa shape index (κ2) is 5.42. The molecule has 6 nitrogen and oxygen atoms in total. The van der Waals surface area contributed by atoms with Crippen molar-refractivity contribution in [2.75, 3.05) is 13.2 Å². The van der Waals surface area contributed by atoms with Gasteiger partial charge in [0, 0.05) is 6.54 Å². The number of nitrogens with zero attached hydrogens (tertiary/aromatic N) is 1. The van der Waals surface area contributed by atoms with Crippen LogP contribution in [-0.2, 0) is 19.1 Å². The molecule has 2 heterocycles. The van der Waals surface area contributed by atoms with E-state index in [0.29, 0.717) is 13.0 Å². The third-order valence-electron chi connectivity index (χ3n) is 3.32. The first-order valence-corrected chi connectivity index (χ1v) is 6.41. The fraction of sp³-hybridized carbons (Fsp3) is 0.615. The molecule has 0 aromatic heterocycles. The van der Waals surface area contributed by atoms with Crippen molar-refractivity contribution in [1.29, 1.82) is 0 Å². The van der Waals surface area contributed by atoms with Gasteiger partial charge < -0.3 is 15.0 Å². The Kier molecular flexibility index (Phi) is 3.87. The van der Waals surface area contributed by atoms with E-state index in [-0.39, 0.29) is 18.4 Å². The van der Waals surface area contributed by atoms with E-state index in [0.717, 1.165) is 12.0 Å². The van der Waals surface area contributed by atoms with Crippen LogP contribution in [0.2, 0.25) is 0 Å². The van der Waals surface area contributed by atoms with Gasteiger partial charge in [0.2, 0.25) is 11.9 Å². The van der Waals surface area contributed by atoms with Crippen molar-refractivity contribution in [3.8, 4) is 0 Å². The minimum absolute atomic E-state index is 0.115. The van der Waals surface area contributed by atoms with Crippen LogP contribution in [0.25, 0.3) is 0 Å². The number of fused-ring (bicyclic) bond motifs is 1. The van der Waals surface area contributed by atoms with Crippen molar-refractivity contribution in [2.45, 2.75) is 38.8 Å². The zero-order valence-corrected chi connectivity index (χ0v) is 11.1. The predicted molar refractivity (Wildman–Crippen MR) is 67.1 cm³/mol. The van der Waals surface area contributed by atoms with Crippen molar-refractivity contribution in [3.63, 3.8) is 0 Å². The molecule has 2 aliphatic rings. The van der Waals surface area contributed by atoms with Crippen LogP contribution in [0.4, 0.5) is 0 Å². The molecule has 2 saturated heterocycles. The van der Waals surface area contributed by atoms with Crippen LogP contribution in [0.3, 0.4) is 0 Å². The second-order valence-corrected chi connectivity index (χ2v) is 5.04. The standard InChI is InChI=1S/C13H18N2O4/c1-8(2)5-7-19-13(18)10-12(17)15-6-3-4-9(15)11(16)14-10/h5,9-10H,3-4,6-7H2,1-2H3,(H,14,16)/t9-,10?/m0/s1. The Balaban J connectivity index is 2.00. The average molecular weight is 266 g/mol. The van der Waals surface area contributed by atoms with Gasteiger partial charge in [-0.15, -0.1) is 0 Å². The van der Waals surface area contributed by atoms with E-state index in [4.69, 9.17) is 4.74 Å². The van der Waals surface area contributed by atoms with E-state index in [2.05, 4.69) is 5.32 Å². The number of rotatable bonds is 3. The van der Waals surface area contributed by atoms with Crippen LogP contribution in [0, 0.1) is 0 Å². The summed E-state index contributed by atoms with van der Waals surface area (Å²) in [5.41, 5.74) is 1.02. The number of ether oxygens (including phenoxy) is 1. The van der Waals surface area contributed by atoms with E-state index in [1.54, 1.807) is 6.08 Å². The van der Waals surface area contributed by atoms with Crippen molar-refractivity contribution >= 4 is 17.8 Å². The lowest BCUT2D eigenvalue weighted by molar-refractivity contribution is -0.159. The molecular weight excluding hydrogens is 248 g/mol. The molecule has 0 saturated carbocycles. The fourth-order valence-electron chi connectivity index (χ4n) is 2.30. The first-order chi connectivity index (χ1) is 9.00. The summed E-state index contributed by atoms with van der Waals surface area (Å²) in [4.78, 5) is 37.2. The zero-order chi connectivity index (χ0) is 14.0. The van der Waals surface area contributed by atoms with Gasteiger partial charge in [0.15, 0.2) is 0 Å². The van der Waals surface area contributed by atoms with E-state index in [1.807, 2.05) is 13.8 Å². The number of carbonyl (C=O) groups excluding carboxylic acids is 3. The normalized spacial score (nSPS) is 25.7. The predicted octanol–water partition coefficient (Wildman–Crippen LogP) is -0.0148. The molecule has 0 radical (unpaired) electrons. The minimum atomic E-state index is -1.19. The van der Waals surface area contributed by atoms with E-state index < -0.39 is 18.1 Å². The number of esters is 1. The molecular formula is C13H18N2O4. The van der Waals surface area contributed by atoms with Gasteiger partial charge >= 0.3 is 5.97 Å². The molecule has 0 spiro atoms. The highest BCUT2D eigenvalue weighted by molar-refractivity contribution is 6.09. The largest absolute Gasteiger partial charge is 0.460 e. The number of nitrogens with one attached hydrogen (secondary N) is 1. The van der Waals surface area contributed by atoms with Crippen molar-refractivity contribution in [1.82, 2.24) is 10.2 Å². The highest BCUT2D eigenvalue weighted by atomic mass is 16.5. The molecule has 1 unspecified atom stereocenters. The van der Waals surface area contributed by atoms with Crippen LogP contribution in [0.1, 0.15) is 26.7 Å². The lowest BCUT2D eigenvalue weighted by atomic mass is 10.1. The lowest BCUT2D eigenvalue weighted by Crippen LogP contribution is -2.63. The number of amides is 2. The van der Waals surface area contributed by atoms with Crippen LogP contribution in [-0.4, -0.2) is 47.9 Å². The van der Waals surface area contributed by atoms with E-state index in [1.165, 1.54) is 4.90 Å². The van der Waals surface area contributed by atoms with Crippen LogP contribution < -0.4 is 5.32 Å². The van der Waals surface area contributed by atoms with Crippen molar-refractivity contribution in [3.05, 3.63) is 11.6 Å². The number of carbonyl (C=O) groups is 3. The van der Waals surface area contributed by atoms with Crippen LogP contribution in [0.5, 0.6) is 0 Å². The molecule has 2 amide bonds. The van der Waals surface area contributed by atoms with Crippen molar-refractivity contribution < 1.29 is 19.1 Å². The second-order valence-electron chi connectivity index (χ2n) is 5.04. The monoisotopic (exact) mass is 266 g/mol. The maximum absolute atomic E-state index is 12.1. The van der Waals surface area contributed by atoms with Gasteiger partial charge in [0.05, 0.1) is 0 Å². The van der Waals surface area contributed by atoms with Crippen molar-refractivity contribution in [2.24, 2.45) is 0 Å². The smallest absolute Gasteiger partial charge is 0.338 e. The Labute approximate surface area is 111 Å². The molecule has 1 N–H and O–H groups in total. The van der Waals surface area contributed by atoms with Crippen LogP contribution >= 0.6 is 0 Å². The summed E-state index contributed by atoms with van der Waals surface area (Å²) in [6.07, 6.45) is 3.20. The number of piperazine rings is 1. The zero-order valence-electron chi connectivity index (χ0n) is 11.1. The number of allylic oxidation sites excluding steroid dienone is 1. The fourth-order valence-corrected chi connectivity index (χ4v) is 2.30.